The lowest BCUT2D eigenvalue weighted by atomic mass is 10.1. The predicted molar refractivity (Wildman–Crippen MR) is 57.4 cm³/mol. The highest BCUT2D eigenvalue weighted by atomic mass is 16.3. The molecule has 1 aromatic heterocycles. The van der Waals surface area contributed by atoms with Crippen LogP contribution in [0.15, 0.2) is 12.1 Å². The fraction of sp³-hybridized carbons (Fsp3) is 0.600. The van der Waals surface area contributed by atoms with Gasteiger partial charge < -0.3 is 15.7 Å². The van der Waals surface area contributed by atoms with Crippen LogP contribution in [0.2, 0.25) is 0 Å². The molecule has 1 unspecified atom stereocenters. The molecule has 15 heavy (non-hydrogen) atoms. The zero-order chi connectivity index (χ0) is 10.7. The van der Waals surface area contributed by atoms with Gasteiger partial charge in [0.25, 0.3) is 0 Å². The van der Waals surface area contributed by atoms with E-state index in [4.69, 9.17) is 5.73 Å². The number of hydrogen-bond acceptors (Lipinski definition) is 5. The van der Waals surface area contributed by atoms with Crippen molar-refractivity contribution in [2.24, 2.45) is 5.73 Å². The first kappa shape index (κ1) is 10.3. The minimum atomic E-state index is -0.241. The lowest BCUT2D eigenvalue weighted by Gasteiger charge is -2.30. The molecule has 1 atom stereocenters. The third-order valence-electron chi connectivity index (χ3n) is 2.64. The van der Waals surface area contributed by atoms with Gasteiger partial charge in [-0.1, -0.05) is 0 Å². The minimum Gasteiger partial charge on any atom is -0.391 e. The standard InChI is InChI=1S/C10H16N4O/c11-6-8-3-4-10(13-12-8)14-5-1-2-9(15)7-14/h3-4,9,15H,1-2,5-7,11H2. The van der Waals surface area contributed by atoms with Crippen molar-refractivity contribution in [3.8, 4) is 0 Å². The van der Waals surface area contributed by atoms with Crippen molar-refractivity contribution >= 4 is 5.82 Å². The Morgan fingerprint density at radius 1 is 1.47 bits per heavy atom. The molecule has 1 saturated heterocycles. The largest absolute Gasteiger partial charge is 0.391 e. The molecule has 2 heterocycles. The van der Waals surface area contributed by atoms with Gasteiger partial charge in [-0.3, -0.25) is 0 Å². The average molecular weight is 208 g/mol. The summed E-state index contributed by atoms with van der Waals surface area (Å²) in [6.07, 6.45) is 1.64. The summed E-state index contributed by atoms with van der Waals surface area (Å²) < 4.78 is 0. The Morgan fingerprint density at radius 2 is 2.33 bits per heavy atom. The number of β-amino-alcohol motifs (C(OH)–C–C–N with tert-alkyl or cyclic N) is 1. The molecule has 0 aliphatic carbocycles. The molecule has 3 N–H and O–H groups in total. The third-order valence-corrected chi connectivity index (χ3v) is 2.64. The lowest BCUT2D eigenvalue weighted by molar-refractivity contribution is 0.154. The van der Waals surface area contributed by atoms with Crippen molar-refractivity contribution in [2.75, 3.05) is 18.0 Å². The fourth-order valence-electron chi connectivity index (χ4n) is 1.79. The second-order valence-corrected chi connectivity index (χ2v) is 3.83. The van der Waals surface area contributed by atoms with Gasteiger partial charge in [0.15, 0.2) is 5.82 Å². The molecule has 0 amide bonds. The van der Waals surface area contributed by atoms with Crippen LogP contribution in [-0.2, 0) is 6.54 Å². The van der Waals surface area contributed by atoms with Gasteiger partial charge in [-0.2, -0.15) is 5.10 Å². The number of nitrogens with zero attached hydrogens (tertiary/aromatic N) is 3. The van der Waals surface area contributed by atoms with Crippen LogP contribution in [0, 0.1) is 0 Å². The molecular weight excluding hydrogens is 192 g/mol. The van der Waals surface area contributed by atoms with Crippen LogP contribution in [0.25, 0.3) is 0 Å². The van der Waals surface area contributed by atoms with E-state index in [2.05, 4.69) is 15.1 Å². The summed E-state index contributed by atoms with van der Waals surface area (Å²) in [5.74, 6) is 0.825. The molecule has 5 nitrogen and oxygen atoms in total. The number of rotatable bonds is 2. The Morgan fingerprint density at radius 3 is 2.93 bits per heavy atom. The summed E-state index contributed by atoms with van der Waals surface area (Å²) in [6, 6.07) is 3.79. The van der Waals surface area contributed by atoms with Crippen LogP contribution >= 0.6 is 0 Å². The molecule has 1 aliphatic heterocycles. The lowest BCUT2D eigenvalue weighted by Crippen LogP contribution is -2.38. The Bertz CT molecular complexity index is 314. The fourth-order valence-corrected chi connectivity index (χ4v) is 1.79. The third kappa shape index (κ3) is 2.43. The van der Waals surface area contributed by atoms with E-state index in [9.17, 15) is 5.11 Å². The molecule has 0 spiro atoms. The highest BCUT2D eigenvalue weighted by molar-refractivity contribution is 5.37. The summed E-state index contributed by atoms with van der Waals surface area (Å²) in [5, 5.41) is 17.6. The first-order chi connectivity index (χ1) is 7.29. The van der Waals surface area contributed by atoms with Gasteiger partial charge in [-0.05, 0) is 25.0 Å². The zero-order valence-electron chi connectivity index (χ0n) is 8.63. The molecule has 0 bridgehead atoms. The van der Waals surface area contributed by atoms with Crippen LogP contribution in [0.3, 0.4) is 0 Å². The number of aliphatic hydroxyl groups is 1. The maximum atomic E-state index is 9.53. The van der Waals surface area contributed by atoms with Crippen molar-refractivity contribution in [1.82, 2.24) is 10.2 Å². The molecule has 82 valence electrons. The molecule has 1 aliphatic rings. The van der Waals surface area contributed by atoms with Crippen LogP contribution in [0.5, 0.6) is 0 Å². The minimum absolute atomic E-state index is 0.241. The van der Waals surface area contributed by atoms with E-state index in [-0.39, 0.29) is 6.10 Å². The van der Waals surface area contributed by atoms with Gasteiger partial charge in [0.05, 0.1) is 11.8 Å². The number of nitrogens with two attached hydrogens (primary N) is 1. The van der Waals surface area contributed by atoms with Gasteiger partial charge in [0.1, 0.15) is 0 Å². The summed E-state index contributed by atoms with van der Waals surface area (Å²) in [7, 11) is 0. The second kappa shape index (κ2) is 4.55. The number of aromatic nitrogens is 2. The number of hydrogen-bond donors (Lipinski definition) is 2. The molecule has 1 fully saturated rings. The van der Waals surface area contributed by atoms with Crippen LogP contribution in [0.1, 0.15) is 18.5 Å². The predicted octanol–water partition coefficient (Wildman–Crippen LogP) is -0.104. The average Bonchev–Trinajstić information content (AvgIpc) is 2.29. The van der Waals surface area contributed by atoms with Gasteiger partial charge in [0.2, 0.25) is 0 Å². The van der Waals surface area contributed by atoms with E-state index >= 15 is 0 Å². The van der Waals surface area contributed by atoms with E-state index in [0.717, 1.165) is 30.9 Å². The number of anilines is 1. The summed E-state index contributed by atoms with van der Waals surface area (Å²) in [4.78, 5) is 2.06. The van der Waals surface area contributed by atoms with Crippen molar-refractivity contribution in [3.05, 3.63) is 17.8 Å². The van der Waals surface area contributed by atoms with Crippen molar-refractivity contribution in [3.63, 3.8) is 0 Å². The van der Waals surface area contributed by atoms with Gasteiger partial charge in [-0.25, -0.2) is 0 Å². The monoisotopic (exact) mass is 208 g/mol. The van der Waals surface area contributed by atoms with E-state index < -0.39 is 0 Å². The number of piperidine rings is 1. The maximum Gasteiger partial charge on any atom is 0.151 e. The van der Waals surface area contributed by atoms with E-state index in [1.54, 1.807) is 0 Å². The Kier molecular flexibility index (Phi) is 3.13. The molecule has 0 saturated carbocycles. The Balaban J connectivity index is 2.07. The molecule has 2 rings (SSSR count). The van der Waals surface area contributed by atoms with Crippen LogP contribution in [-0.4, -0.2) is 34.5 Å². The normalized spacial score (nSPS) is 21.7. The first-order valence-corrected chi connectivity index (χ1v) is 5.25. The van der Waals surface area contributed by atoms with Gasteiger partial charge in [-0.15, -0.1) is 5.10 Å². The van der Waals surface area contributed by atoms with Crippen molar-refractivity contribution in [2.45, 2.75) is 25.5 Å². The van der Waals surface area contributed by atoms with Crippen LogP contribution < -0.4 is 10.6 Å². The van der Waals surface area contributed by atoms with Crippen molar-refractivity contribution < 1.29 is 5.11 Å². The Labute approximate surface area is 88.9 Å². The summed E-state index contributed by atoms with van der Waals surface area (Å²) in [5.41, 5.74) is 6.23. The smallest absolute Gasteiger partial charge is 0.151 e. The summed E-state index contributed by atoms with van der Waals surface area (Å²) in [6.45, 7) is 2.00. The molecule has 5 heteroatoms. The van der Waals surface area contributed by atoms with E-state index in [1.165, 1.54) is 0 Å². The van der Waals surface area contributed by atoms with Crippen LogP contribution in [0.4, 0.5) is 5.82 Å². The number of aliphatic hydroxyl groups excluding tert-OH is 1. The first-order valence-electron chi connectivity index (χ1n) is 5.25. The Hall–Kier alpha value is -1.20. The highest BCUT2D eigenvalue weighted by Crippen LogP contribution is 2.16. The zero-order valence-corrected chi connectivity index (χ0v) is 8.63. The quantitative estimate of drug-likeness (QED) is 0.709. The van der Waals surface area contributed by atoms with Crippen molar-refractivity contribution in [1.29, 1.82) is 0 Å². The topological polar surface area (TPSA) is 75.3 Å². The SMILES string of the molecule is NCc1ccc(N2CCCC(O)C2)nn1. The highest BCUT2D eigenvalue weighted by Gasteiger charge is 2.18. The summed E-state index contributed by atoms with van der Waals surface area (Å²) >= 11 is 0. The van der Waals surface area contributed by atoms with Gasteiger partial charge in [0, 0.05) is 19.6 Å². The molecule has 0 radical (unpaired) electrons. The molecular formula is C10H16N4O. The van der Waals surface area contributed by atoms with Gasteiger partial charge >= 0.3 is 0 Å². The van der Waals surface area contributed by atoms with E-state index in [1.807, 2.05) is 12.1 Å². The molecule has 0 aromatic carbocycles. The van der Waals surface area contributed by atoms with E-state index in [0.29, 0.717) is 13.1 Å². The second-order valence-electron chi connectivity index (χ2n) is 3.83. The molecule has 1 aromatic rings. The maximum absolute atomic E-state index is 9.53.